The maximum absolute atomic E-state index is 10.8. The molecule has 1 aromatic rings. The van der Waals surface area contributed by atoms with Gasteiger partial charge in [0.05, 0.1) is 19.8 Å². The van der Waals surface area contributed by atoms with Crippen LogP contribution in [0.15, 0.2) is 12.1 Å². The van der Waals surface area contributed by atoms with Gasteiger partial charge in [-0.2, -0.15) is 0 Å². The number of phenols is 1. The lowest BCUT2D eigenvalue weighted by Gasteiger charge is -2.13. The molecule has 16 heavy (non-hydrogen) atoms. The molecule has 0 amide bonds. The largest absolute Gasteiger partial charge is 0.504 e. The summed E-state index contributed by atoms with van der Waals surface area (Å²) in [5.74, 6) is -1.73. The highest BCUT2D eigenvalue weighted by Crippen LogP contribution is 2.32. The highest BCUT2D eigenvalue weighted by atomic mass is 16.5. The predicted octanol–water partition coefficient (Wildman–Crippen LogP) is 0.0911. The lowest BCUT2D eigenvalue weighted by molar-refractivity contribution is 0.0692. The molecule has 0 aliphatic carbocycles. The third-order valence-corrected chi connectivity index (χ3v) is 2.17. The van der Waals surface area contributed by atoms with Crippen LogP contribution in [0.1, 0.15) is 22.0 Å². The quantitative estimate of drug-likeness (QED) is 0.579. The van der Waals surface area contributed by atoms with Gasteiger partial charge in [0.15, 0.2) is 11.5 Å². The summed E-state index contributed by atoms with van der Waals surface area (Å²) in [5.41, 5.74) is 5.63. The zero-order valence-electron chi connectivity index (χ0n) is 8.67. The number of ether oxygens (including phenoxy) is 1. The van der Waals surface area contributed by atoms with Gasteiger partial charge < -0.3 is 25.8 Å². The summed E-state index contributed by atoms with van der Waals surface area (Å²) in [5, 5.41) is 27.2. The molecular weight excluding hydrogens is 214 g/mol. The minimum absolute atomic E-state index is 0.0128. The molecule has 5 N–H and O–H groups in total. The summed E-state index contributed by atoms with van der Waals surface area (Å²) in [4.78, 5) is 10.8. The van der Waals surface area contributed by atoms with Crippen LogP contribution in [0.3, 0.4) is 0 Å². The molecule has 1 aromatic carbocycles. The Morgan fingerprint density at radius 1 is 1.56 bits per heavy atom. The molecule has 6 heteroatoms. The second-order valence-corrected chi connectivity index (χ2v) is 3.21. The zero-order chi connectivity index (χ0) is 12.3. The van der Waals surface area contributed by atoms with E-state index in [0.717, 1.165) is 0 Å². The molecule has 0 saturated carbocycles. The van der Waals surface area contributed by atoms with E-state index in [1.807, 2.05) is 0 Å². The molecule has 0 aromatic heterocycles. The average molecular weight is 227 g/mol. The number of benzene rings is 1. The van der Waals surface area contributed by atoms with Crippen LogP contribution in [-0.2, 0) is 0 Å². The second-order valence-electron chi connectivity index (χ2n) is 3.21. The van der Waals surface area contributed by atoms with Gasteiger partial charge in [-0.05, 0) is 17.7 Å². The maximum atomic E-state index is 10.8. The Bertz CT molecular complexity index is 404. The lowest BCUT2D eigenvalue weighted by Crippen LogP contribution is -2.15. The third kappa shape index (κ3) is 2.23. The van der Waals surface area contributed by atoms with Crippen molar-refractivity contribution in [3.05, 3.63) is 23.3 Å². The summed E-state index contributed by atoms with van der Waals surface area (Å²) in [6.07, 6.45) is 0. The van der Waals surface area contributed by atoms with Crippen LogP contribution >= 0.6 is 0 Å². The Morgan fingerprint density at radius 2 is 2.19 bits per heavy atom. The van der Waals surface area contributed by atoms with E-state index in [2.05, 4.69) is 0 Å². The van der Waals surface area contributed by atoms with E-state index in [4.69, 9.17) is 20.7 Å². The SMILES string of the molecule is COc1cc(C(N)CO)cc(C(=O)O)c1O. The van der Waals surface area contributed by atoms with Crippen molar-refractivity contribution in [2.75, 3.05) is 13.7 Å². The van der Waals surface area contributed by atoms with E-state index in [1.165, 1.54) is 19.2 Å². The monoisotopic (exact) mass is 227 g/mol. The van der Waals surface area contributed by atoms with Crippen LogP contribution in [0.2, 0.25) is 0 Å². The number of aliphatic hydroxyl groups is 1. The van der Waals surface area contributed by atoms with Crippen LogP contribution in [0, 0.1) is 0 Å². The molecule has 1 unspecified atom stereocenters. The fourth-order valence-corrected chi connectivity index (χ4v) is 1.27. The molecule has 0 aliphatic rings. The number of aromatic carboxylic acids is 1. The molecule has 0 spiro atoms. The molecule has 0 heterocycles. The summed E-state index contributed by atoms with van der Waals surface area (Å²) in [6, 6.07) is 1.89. The average Bonchev–Trinajstić information content (AvgIpc) is 2.27. The van der Waals surface area contributed by atoms with Crippen molar-refractivity contribution >= 4 is 5.97 Å². The van der Waals surface area contributed by atoms with Gasteiger partial charge in [-0.1, -0.05) is 0 Å². The summed E-state index contributed by atoms with van der Waals surface area (Å²) in [7, 11) is 1.30. The third-order valence-electron chi connectivity index (χ3n) is 2.17. The summed E-state index contributed by atoms with van der Waals surface area (Å²) in [6.45, 7) is -0.326. The zero-order valence-corrected chi connectivity index (χ0v) is 8.67. The number of hydrogen-bond donors (Lipinski definition) is 4. The van der Waals surface area contributed by atoms with E-state index in [0.29, 0.717) is 5.56 Å². The number of carbonyl (C=O) groups is 1. The van der Waals surface area contributed by atoms with Crippen LogP contribution in [0.4, 0.5) is 0 Å². The number of carboxylic acid groups (broad SMARTS) is 1. The standard InChI is InChI=1S/C10H13NO5/c1-16-8-3-5(7(11)4-12)2-6(9(8)13)10(14)15/h2-3,7,12-13H,4,11H2,1H3,(H,14,15). The van der Waals surface area contributed by atoms with Crippen molar-refractivity contribution in [2.45, 2.75) is 6.04 Å². The van der Waals surface area contributed by atoms with Crippen LogP contribution in [0.25, 0.3) is 0 Å². The van der Waals surface area contributed by atoms with Crippen molar-refractivity contribution in [2.24, 2.45) is 5.73 Å². The van der Waals surface area contributed by atoms with Crippen molar-refractivity contribution in [1.82, 2.24) is 0 Å². The van der Waals surface area contributed by atoms with Crippen molar-refractivity contribution in [3.63, 3.8) is 0 Å². The van der Waals surface area contributed by atoms with Gasteiger partial charge in [0, 0.05) is 0 Å². The Balaban J connectivity index is 3.34. The molecule has 6 nitrogen and oxygen atoms in total. The van der Waals surface area contributed by atoms with Gasteiger partial charge >= 0.3 is 5.97 Å². The highest BCUT2D eigenvalue weighted by Gasteiger charge is 2.18. The first-order valence-electron chi connectivity index (χ1n) is 4.51. The predicted molar refractivity (Wildman–Crippen MR) is 55.6 cm³/mol. The molecule has 1 rings (SSSR count). The second kappa shape index (κ2) is 4.82. The van der Waals surface area contributed by atoms with Gasteiger partial charge in [0.1, 0.15) is 5.56 Å². The maximum Gasteiger partial charge on any atom is 0.339 e. The smallest absolute Gasteiger partial charge is 0.339 e. The lowest BCUT2D eigenvalue weighted by atomic mass is 10.0. The van der Waals surface area contributed by atoms with Gasteiger partial charge in [-0.15, -0.1) is 0 Å². The first kappa shape index (κ1) is 12.3. The number of aliphatic hydroxyl groups excluding tert-OH is 1. The van der Waals surface area contributed by atoms with E-state index in [-0.39, 0.29) is 17.9 Å². The van der Waals surface area contributed by atoms with Crippen LogP contribution < -0.4 is 10.5 Å². The van der Waals surface area contributed by atoms with Crippen molar-refractivity contribution < 1.29 is 24.9 Å². The Morgan fingerprint density at radius 3 is 2.62 bits per heavy atom. The van der Waals surface area contributed by atoms with Gasteiger partial charge in [0.2, 0.25) is 0 Å². The summed E-state index contributed by atoms with van der Waals surface area (Å²) >= 11 is 0. The molecule has 0 radical (unpaired) electrons. The van der Waals surface area contributed by atoms with E-state index in [9.17, 15) is 9.90 Å². The van der Waals surface area contributed by atoms with Gasteiger partial charge in [0.25, 0.3) is 0 Å². The summed E-state index contributed by atoms with van der Waals surface area (Å²) < 4.78 is 4.82. The minimum Gasteiger partial charge on any atom is -0.504 e. The molecule has 0 fully saturated rings. The van der Waals surface area contributed by atoms with E-state index >= 15 is 0 Å². The molecule has 1 atom stereocenters. The fourth-order valence-electron chi connectivity index (χ4n) is 1.27. The van der Waals surface area contributed by atoms with Crippen LogP contribution in [0.5, 0.6) is 11.5 Å². The van der Waals surface area contributed by atoms with Crippen molar-refractivity contribution in [1.29, 1.82) is 0 Å². The van der Waals surface area contributed by atoms with Gasteiger partial charge in [-0.3, -0.25) is 0 Å². The number of methoxy groups -OCH3 is 1. The number of hydrogen-bond acceptors (Lipinski definition) is 5. The highest BCUT2D eigenvalue weighted by molar-refractivity contribution is 5.92. The number of aromatic hydroxyl groups is 1. The first-order chi connectivity index (χ1) is 7.51. The number of carboxylic acids is 1. The Hall–Kier alpha value is -1.79. The van der Waals surface area contributed by atoms with Gasteiger partial charge in [-0.25, -0.2) is 4.79 Å². The first-order valence-corrected chi connectivity index (χ1v) is 4.51. The van der Waals surface area contributed by atoms with Crippen LogP contribution in [-0.4, -0.2) is 35.0 Å². The Kier molecular flexibility index (Phi) is 3.70. The fraction of sp³-hybridized carbons (Fsp3) is 0.300. The number of nitrogens with two attached hydrogens (primary N) is 1. The molecule has 0 aliphatic heterocycles. The topological polar surface area (TPSA) is 113 Å². The van der Waals surface area contributed by atoms with E-state index in [1.54, 1.807) is 0 Å². The molecule has 88 valence electrons. The Labute approximate surface area is 91.9 Å². The van der Waals surface area contributed by atoms with E-state index < -0.39 is 17.8 Å². The number of rotatable bonds is 4. The molecule has 0 bridgehead atoms. The van der Waals surface area contributed by atoms with Crippen molar-refractivity contribution in [3.8, 4) is 11.5 Å². The molecule has 0 saturated heterocycles. The normalized spacial score (nSPS) is 12.2. The minimum atomic E-state index is -1.29. The molecular formula is C10H13NO5.